The molecular weight excluding hydrogens is 326 g/mol. The molecule has 2 aromatic carbocycles. The fourth-order valence-corrected chi connectivity index (χ4v) is 3.29. The maximum absolute atomic E-state index is 12.5. The van der Waals surface area contributed by atoms with Gasteiger partial charge in [-0.1, -0.05) is 49.4 Å². The van der Waals surface area contributed by atoms with Crippen molar-refractivity contribution in [3.8, 4) is 5.75 Å². The van der Waals surface area contributed by atoms with Gasteiger partial charge < -0.3 is 9.64 Å². The third-order valence-corrected chi connectivity index (χ3v) is 4.97. The highest BCUT2D eigenvalue weighted by Gasteiger charge is 2.27. The molecule has 0 aliphatic carbocycles. The van der Waals surface area contributed by atoms with E-state index in [9.17, 15) is 9.59 Å². The second-order valence-corrected chi connectivity index (χ2v) is 6.67. The number of nitrogens with zero attached hydrogens (tertiary/aromatic N) is 1. The predicted molar refractivity (Wildman–Crippen MR) is 101 cm³/mol. The van der Waals surface area contributed by atoms with Gasteiger partial charge >= 0.3 is 0 Å². The van der Waals surface area contributed by atoms with Crippen LogP contribution in [0.25, 0.3) is 0 Å². The van der Waals surface area contributed by atoms with E-state index in [1.165, 1.54) is 5.56 Å². The van der Waals surface area contributed by atoms with Gasteiger partial charge in [-0.2, -0.15) is 0 Å². The van der Waals surface area contributed by atoms with E-state index < -0.39 is 0 Å². The number of carbonyl (C=O) groups excluding carboxylic acids is 2. The first-order chi connectivity index (χ1) is 12.7. The number of benzene rings is 2. The van der Waals surface area contributed by atoms with Crippen LogP contribution in [0.4, 0.5) is 0 Å². The molecule has 4 nitrogen and oxygen atoms in total. The van der Waals surface area contributed by atoms with E-state index in [0.29, 0.717) is 31.7 Å². The highest BCUT2D eigenvalue weighted by Crippen LogP contribution is 2.22. The average Bonchev–Trinajstić information content (AvgIpc) is 2.72. The number of amides is 1. The van der Waals surface area contributed by atoms with E-state index in [0.717, 1.165) is 12.0 Å². The molecule has 1 aliphatic heterocycles. The number of hydrogen-bond donors (Lipinski definition) is 0. The lowest BCUT2D eigenvalue weighted by Gasteiger charge is -2.31. The van der Waals surface area contributed by atoms with Crippen LogP contribution in [-0.2, 0) is 11.2 Å². The van der Waals surface area contributed by atoms with Crippen molar-refractivity contribution in [2.24, 2.45) is 5.92 Å². The van der Waals surface area contributed by atoms with Gasteiger partial charge in [0.15, 0.2) is 12.4 Å². The van der Waals surface area contributed by atoms with Crippen molar-refractivity contribution in [1.29, 1.82) is 0 Å². The number of Topliss-reactive ketones (excluding diaryl/α,β-unsaturated/α-hetero) is 1. The molecule has 1 aliphatic rings. The lowest BCUT2D eigenvalue weighted by Crippen LogP contribution is -2.42. The van der Waals surface area contributed by atoms with Gasteiger partial charge in [-0.3, -0.25) is 9.59 Å². The molecule has 136 valence electrons. The van der Waals surface area contributed by atoms with E-state index in [-0.39, 0.29) is 24.2 Å². The van der Waals surface area contributed by atoms with Crippen LogP contribution in [0.5, 0.6) is 5.75 Å². The van der Waals surface area contributed by atoms with Gasteiger partial charge in [0.05, 0.1) is 0 Å². The lowest BCUT2D eigenvalue weighted by atomic mass is 9.89. The molecule has 1 saturated heterocycles. The first kappa shape index (κ1) is 18.2. The summed E-state index contributed by atoms with van der Waals surface area (Å²) in [5.41, 5.74) is 2.00. The Kier molecular flexibility index (Phi) is 6.05. The molecule has 0 aromatic heterocycles. The molecule has 0 unspecified atom stereocenters. The summed E-state index contributed by atoms with van der Waals surface area (Å²) in [6.07, 6.45) is 2.41. The molecule has 3 rings (SSSR count). The molecule has 4 heteroatoms. The molecule has 1 heterocycles. The molecule has 26 heavy (non-hydrogen) atoms. The molecule has 1 fully saturated rings. The number of hydrogen-bond acceptors (Lipinski definition) is 3. The average molecular weight is 351 g/mol. The van der Waals surface area contributed by atoms with Crippen LogP contribution in [0, 0.1) is 5.92 Å². The maximum atomic E-state index is 12.5. The SMILES string of the molecule is CCc1ccc(OCC(=O)N2CCC(C(=O)c3ccccc3)CC2)cc1. The maximum Gasteiger partial charge on any atom is 0.260 e. The van der Waals surface area contributed by atoms with Crippen LogP contribution in [-0.4, -0.2) is 36.3 Å². The summed E-state index contributed by atoms with van der Waals surface area (Å²) in [6, 6.07) is 17.2. The topological polar surface area (TPSA) is 46.6 Å². The van der Waals surface area contributed by atoms with E-state index >= 15 is 0 Å². The number of aryl methyl sites for hydroxylation is 1. The summed E-state index contributed by atoms with van der Waals surface area (Å²) in [4.78, 5) is 26.7. The molecule has 2 aromatic rings. The van der Waals surface area contributed by atoms with Gasteiger partial charge in [0, 0.05) is 24.6 Å². The third-order valence-electron chi connectivity index (χ3n) is 4.97. The highest BCUT2D eigenvalue weighted by molar-refractivity contribution is 5.98. The van der Waals surface area contributed by atoms with Crippen molar-refractivity contribution < 1.29 is 14.3 Å². The zero-order valence-electron chi connectivity index (χ0n) is 15.2. The monoisotopic (exact) mass is 351 g/mol. The minimum atomic E-state index is -0.0184. The van der Waals surface area contributed by atoms with Crippen LogP contribution < -0.4 is 4.74 Å². The zero-order chi connectivity index (χ0) is 18.4. The van der Waals surface area contributed by atoms with Crippen LogP contribution in [0.1, 0.15) is 35.7 Å². The van der Waals surface area contributed by atoms with Gasteiger partial charge in [-0.15, -0.1) is 0 Å². The van der Waals surface area contributed by atoms with Gasteiger partial charge in [0.2, 0.25) is 0 Å². The summed E-state index contributed by atoms with van der Waals surface area (Å²) >= 11 is 0. The zero-order valence-corrected chi connectivity index (χ0v) is 15.2. The van der Waals surface area contributed by atoms with Crippen LogP contribution in [0.2, 0.25) is 0 Å². The van der Waals surface area contributed by atoms with Gasteiger partial charge in [-0.05, 0) is 37.0 Å². The normalized spacial score (nSPS) is 14.9. The second kappa shape index (κ2) is 8.65. The molecule has 0 bridgehead atoms. The Morgan fingerprint density at radius 2 is 1.65 bits per heavy atom. The van der Waals surface area contributed by atoms with Gasteiger partial charge in [0.25, 0.3) is 5.91 Å². The number of carbonyl (C=O) groups is 2. The van der Waals surface area contributed by atoms with Crippen molar-refractivity contribution in [2.45, 2.75) is 26.2 Å². The summed E-state index contributed by atoms with van der Waals surface area (Å²) in [5.74, 6) is 0.883. The van der Waals surface area contributed by atoms with Gasteiger partial charge in [-0.25, -0.2) is 0 Å². The standard InChI is InChI=1S/C22H25NO3/c1-2-17-8-10-20(11-9-17)26-16-21(24)23-14-12-19(13-15-23)22(25)18-6-4-3-5-7-18/h3-11,19H,2,12-16H2,1H3. The Bertz CT molecular complexity index is 732. The largest absolute Gasteiger partial charge is 0.484 e. The number of ketones is 1. The van der Waals surface area contributed by atoms with E-state index in [1.54, 1.807) is 4.90 Å². The first-order valence-corrected chi connectivity index (χ1v) is 9.26. The lowest BCUT2D eigenvalue weighted by molar-refractivity contribution is -0.134. The predicted octanol–water partition coefficient (Wildman–Crippen LogP) is 3.75. The van der Waals surface area contributed by atoms with Crippen molar-refractivity contribution >= 4 is 11.7 Å². The molecule has 1 amide bonds. The van der Waals surface area contributed by atoms with Crippen LogP contribution >= 0.6 is 0 Å². The summed E-state index contributed by atoms with van der Waals surface area (Å²) in [5, 5.41) is 0. The first-order valence-electron chi connectivity index (χ1n) is 9.26. The minimum absolute atomic E-state index is 0.00366. The molecule has 0 radical (unpaired) electrons. The smallest absolute Gasteiger partial charge is 0.260 e. The third kappa shape index (κ3) is 4.51. The van der Waals surface area contributed by atoms with E-state index in [1.807, 2.05) is 54.6 Å². The van der Waals surface area contributed by atoms with Crippen molar-refractivity contribution in [3.63, 3.8) is 0 Å². The van der Waals surface area contributed by atoms with E-state index in [2.05, 4.69) is 6.92 Å². The molecular formula is C22H25NO3. The fraction of sp³-hybridized carbons (Fsp3) is 0.364. The Hall–Kier alpha value is -2.62. The summed E-state index contributed by atoms with van der Waals surface area (Å²) in [7, 11) is 0. The second-order valence-electron chi connectivity index (χ2n) is 6.67. The Labute approximate surface area is 154 Å². The van der Waals surface area contributed by atoms with Crippen LogP contribution in [0.15, 0.2) is 54.6 Å². The molecule has 0 saturated carbocycles. The molecule has 0 N–H and O–H groups in total. The summed E-state index contributed by atoms with van der Waals surface area (Å²) in [6.45, 7) is 3.37. The summed E-state index contributed by atoms with van der Waals surface area (Å²) < 4.78 is 5.61. The fourth-order valence-electron chi connectivity index (χ4n) is 3.29. The number of rotatable bonds is 6. The van der Waals surface area contributed by atoms with Crippen molar-refractivity contribution in [1.82, 2.24) is 4.90 Å². The highest BCUT2D eigenvalue weighted by atomic mass is 16.5. The molecule has 0 atom stereocenters. The number of ether oxygens (including phenoxy) is 1. The Morgan fingerprint density at radius 1 is 1.00 bits per heavy atom. The minimum Gasteiger partial charge on any atom is -0.484 e. The number of likely N-dealkylation sites (tertiary alicyclic amines) is 1. The molecule has 0 spiro atoms. The quantitative estimate of drug-likeness (QED) is 0.745. The Balaban J connectivity index is 1.46. The van der Waals surface area contributed by atoms with Crippen molar-refractivity contribution in [2.75, 3.05) is 19.7 Å². The number of piperidine rings is 1. The van der Waals surface area contributed by atoms with E-state index in [4.69, 9.17) is 4.74 Å². The Morgan fingerprint density at radius 3 is 2.27 bits per heavy atom. The van der Waals surface area contributed by atoms with Gasteiger partial charge in [0.1, 0.15) is 5.75 Å². The van der Waals surface area contributed by atoms with Crippen molar-refractivity contribution in [3.05, 3.63) is 65.7 Å². The van der Waals surface area contributed by atoms with Crippen LogP contribution in [0.3, 0.4) is 0 Å².